The third kappa shape index (κ3) is 4.25. The second-order valence-corrected chi connectivity index (χ2v) is 8.43. The van der Waals surface area contributed by atoms with Crippen LogP contribution in [0.5, 0.6) is 0 Å². The standard InChI is InChI=1S/C23H23N5O2S/c1-15(2)16-7-4-6-10-19(16)27-12-11-25-23(27)31-14-21-26-18-9-5-3-8-17(18)22(30)28(21)13-20(24)29/h3-12,15H,13-14H2,1-2H3,(H2,24,29). The molecule has 8 heteroatoms. The summed E-state index contributed by atoms with van der Waals surface area (Å²) in [6, 6.07) is 15.3. The first kappa shape index (κ1) is 20.9. The molecule has 0 fully saturated rings. The number of thioether (sulfide) groups is 1. The monoisotopic (exact) mass is 433 g/mol. The highest BCUT2D eigenvalue weighted by atomic mass is 32.2. The van der Waals surface area contributed by atoms with Gasteiger partial charge >= 0.3 is 0 Å². The Morgan fingerprint density at radius 1 is 1.13 bits per heavy atom. The predicted molar refractivity (Wildman–Crippen MR) is 122 cm³/mol. The van der Waals surface area contributed by atoms with Crippen LogP contribution in [0.15, 0.2) is 70.9 Å². The molecule has 0 saturated carbocycles. The number of hydrogen-bond acceptors (Lipinski definition) is 5. The van der Waals surface area contributed by atoms with Crippen molar-refractivity contribution in [3.05, 3.63) is 82.7 Å². The fourth-order valence-corrected chi connectivity index (χ4v) is 4.46. The highest BCUT2D eigenvalue weighted by molar-refractivity contribution is 7.98. The lowest BCUT2D eigenvalue weighted by atomic mass is 10.0. The van der Waals surface area contributed by atoms with E-state index in [0.717, 1.165) is 10.8 Å². The quantitative estimate of drug-likeness (QED) is 0.450. The van der Waals surface area contributed by atoms with Gasteiger partial charge in [-0.3, -0.25) is 18.7 Å². The van der Waals surface area contributed by atoms with Crippen molar-refractivity contribution in [3.63, 3.8) is 0 Å². The maximum atomic E-state index is 12.9. The molecule has 2 heterocycles. The predicted octanol–water partition coefficient (Wildman–Crippen LogP) is 3.48. The van der Waals surface area contributed by atoms with Gasteiger partial charge in [-0.2, -0.15) is 0 Å². The summed E-state index contributed by atoms with van der Waals surface area (Å²) in [5, 5.41) is 1.24. The lowest BCUT2D eigenvalue weighted by Gasteiger charge is -2.16. The molecule has 0 unspecified atom stereocenters. The molecule has 0 radical (unpaired) electrons. The van der Waals surface area contributed by atoms with Crippen molar-refractivity contribution in [2.45, 2.75) is 37.2 Å². The van der Waals surface area contributed by atoms with Gasteiger partial charge < -0.3 is 5.73 Å². The zero-order chi connectivity index (χ0) is 22.0. The Morgan fingerprint density at radius 2 is 1.87 bits per heavy atom. The van der Waals surface area contributed by atoms with Gasteiger partial charge in [0.05, 0.1) is 22.3 Å². The molecule has 0 aliphatic carbocycles. The first-order valence-corrected chi connectivity index (χ1v) is 11.0. The third-order valence-electron chi connectivity index (χ3n) is 5.01. The van der Waals surface area contributed by atoms with Crippen LogP contribution in [-0.2, 0) is 17.1 Å². The number of primary amides is 1. The van der Waals surface area contributed by atoms with E-state index in [2.05, 4.69) is 35.9 Å². The largest absolute Gasteiger partial charge is 0.368 e. The van der Waals surface area contributed by atoms with Crippen LogP contribution in [0.3, 0.4) is 0 Å². The van der Waals surface area contributed by atoms with E-state index in [4.69, 9.17) is 5.73 Å². The van der Waals surface area contributed by atoms with Crippen molar-refractivity contribution in [2.75, 3.05) is 0 Å². The Labute approximate surface area is 183 Å². The molecule has 31 heavy (non-hydrogen) atoms. The highest BCUT2D eigenvalue weighted by Crippen LogP contribution is 2.28. The van der Waals surface area contributed by atoms with Crippen LogP contribution in [0.25, 0.3) is 16.6 Å². The van der Waals surface area contributed by atoms with Gasteiger partial charge in [0.2, 0.25) is 5.91 Å². The van der Waals surface area contributed by atoms with E-state index in [9.17, 15) is 9.59 Å². The van der Waals surface area contributed by atoms with E-state index >= 15 is 0 Å². The number of benzene rings is 2. The second kappa shape index (κ2) is 8.77. The number of imidazole rings is 1. The van der Waals surface area contributed by atoms with E-state index in [1.165, 1.54) is 21.9 Å². The molecule has 0 aliphatic rings. The fraction of sp³-hybridized carbons (Fsp3) is 0.217. The molecule has 2 N–H and O–H groups in total. The van der Waals surface area contributed by atoms with Crippen LogP contribution >= 0.6 is 11.8 Å². The number of hydrogen-bond donors (Lipinski definition) is 1. The van der Waals surface area contributed by atoms with Crippen molar-refractivity contribution in [3.8, 4) is 5.69 Å². The smallest absolute Gasteiger partial charge is 0.261 e. The summed E-state index contributed by atoms with van der Waals surface area (Å²) < 4.78 is 3.39. The van der Waals surface area contributed by atoms with Crippen molar-refractivity contribution in [1.29, 1.82) is 0 Å². The number of carbonyl (C=O) groups is 1. The average molecular weight is 434 g/mol. The van der Waals surface area contributed by atoms with Gasteiger partial charge in [-0.05, 0) is 29.7 Å². The molecule has 7 nitrogen and oxygen atoms in total. The molecule has 0 bridgehead atoms. The van der Waals surface area contributed by atoms with E-state index in [1.54, 1.807) is 24.4 Å². The van der Waals surface area contributed by atoms with Gasteiger partial charge in [0.25, 0.3) is 5.56 Å². The Balaban J connectivity index is 1.71. The molecular weight excluding hydrogens is 410 g/mol. The van der Waals surface area contributed by atoms with Crippen LogP contribution in [0.2, 0.25) is 0 Å². The van der Waals surface area contributed by atoms with Crippen LogP contribution < -0.4 is 11.3 Å². The number of nitrogens with zero attached hydrogens (tertiary/aromatic N) is 4. The molecule has 2 aromatic carbocycles. The van der Waals surface area contributed by atoms with E-state index in [1.807, 2.05) is 29.0 Å². The van der Waals surface area contributed by atoms with Crippen molar-refractivity contribution in [1.82, 2.24) is 19.1 Å². The molecule has 4 rings (SSSR count). The van der Waals surface area contributed by atoms with Gasteiger partial charge in [0, 0.05) is 12.4 Å². The van der Waals surface area contributed by atoms with E-state index in [-0.39, 0.29) is 12.1 Å². The molecule has 2 aromatic heterocycles. The summed E-state index contributed by atoms with van der Waals surface area (Å²) >= 11 is 1.46. The third-order valence-corrected chi connectivity index (χ3v) is 5.97. The number of aromatic nitrogens is 4. The highest BCUT2D eigenvalue weighted by Gasteiger charge is 2.16. The normalized spacial score (nSPS) is 11.3. The summed E-state index contributed by atoms with van der Waals surface area (Å²) in [6.07, 6.45) is 3.68. The Kier molecular flexibility index (Phi) is 5.90. The maximum absolute atomic E-state index is 12.9. The number of amides is 1. The topological polar surface area (TPSA) is 95.8 Å². The Bertz CT molecular complexity index is 1310. The zero-order valence-corrected chi connectivity index (χ0v) is 18.2. The first-order chi connectivity index (χ1) is 15.0. The minimum Gasteiger partial charge on any atom is -0.368 e. The number of nitrogens with two attached hydrogens (primary N) is 1. The summed E-state index contributed by atoms with van der Waals surface area (Å²) in [5.74, 6) is 0.630. The van der Waals surface area contributed by atoms with E-state index in [0.29, 0.717) is 28.4 Å². The summed E-state index contributed by atoms with van der Waals surface area (Å²) in [7, 11) is 0. The first-order valence-electron chi connectivity index (χ1n) is 9.98. The summed E-state index contributed by atoms with van der Waals surface area (Å²) in [5.41, 5.74) is 8.00. The second-order valence-electron chi connectivity index (χ2n) is 7.48. The van der Waals surface area contributed by atoms with Gasteiger partial charge in [-0.15, -0.1) is 0 Å². The van der Waals surface area contributed by atoms with Crippen molar-refractivity contribution < 1.29 is 4.79 Å². The van der Waals surface area contributed by atoms with Gasteiger partial charge in [0.15, 0.2) is 5.16 Å². The van der Waals surface area contributed by atoms with Crippen LogP contribution in [0, 0.1) is 0 Å². The van der Waals surface area contributed by atoms with Gasteiger partial charge in [-0.1, -0.05) is 55.9 Å². The molecule has 0 aliphatic heterocycles. The number of para-hydroxylation sites is 2. The summed E-state index contributed by atoms with van der Waals surface area (Å²) in [6.45, 7) is 4.10. The SMILES string of the molecule is CC(C)c1ccccc1-n1ccnc1SCc1nc2ccccc2c(=O)n1CC(N)=O. The minimum atomic E-state index is -0.585. The van der Waals surface area contributed by atoms with Gasteiger partial charge in [0.1, 0.15) is 12.4 Å². The van der Waals surface area contributed by atoms with E-state index < -0.39 is 5.91 Å². The Morgan fingerprint density at radius 3 is 2.65 bits per heavy atom. The molecule has 1 amide bonds. The maximum Gasteiger partial charge on any atom is 0.261 e. The molecule has 0 saturated heterocycles. The summed E-state index contributed by atoms with van der Waals surface area (Å²) in [4.78, 5) is 33.7. The number of fused-ring (bicyclic) bond motifs is 1. The lowest BCUT2D eigenvalue weighted by molar-refractivity contribution is -0.118. The number of carbonyl (C=O) groups excluding carboxylic acids is 1. The van der Waals surface area contributed by atoms with Crippen molar-refractivity contribution in [2.24, 2.45) is 5.73 Å². The fourth-order valence-electron chi connectivity index (χ4n) is 3.55. The molecule has 158 valence electrons. The minimum absolute atomic E-state index is 0.211. The van der Waals surface area contributed by atoms with Crippen LogP contribution in [0.1, 0.15) is 31.2 Å². The molecule has 4 aromatic rings. The van der Waals surface area contributed by atoms with Gasteiger partial charge in [-0.25, -0.2) is 9.97 Å². The lowest BCUT2D eigenvalue weighted by Crippen LogP contribution is -2.31. The Hall–Kier alpha value is -3.39. The number of rotatable bonds is 7. The molecular formula is C23H23N5O2S. The average Bonchev–Trinajstić information content (AvgIpc) is 3.22. The van der Waals surface area contributed by atoms with Crippen molar-refractivity contribution >= 4 is 28.6 Å². The molecule has 0 atom stereocenters. The van der Waals surface area contributed by atoms with Crippen LogP contribution in [0.4, 0.5) is 0 Å². The van der Waals surface area contributed by atoms with Crippen LogP contribution in [-0.4, -0.2) is 25.0 Å². The molecule has 0 spiro atoms. The zero-order valence-electron chi connectivity index (χ0n) is 17.4.